The van der Waals surface area contributed by atoms with E-state index in [-0.39, 0.29) is 0 Å². The number of benzene rings is 3. The fourth-order valence-corrected chi connectivity index (χ4v) is 2.33. The van der Waals surface area contributed by atoms with Crippen LogP contribution in [0.1, 0.15) is 22.8 Å². The van der Waals surface area contributed by atoms with Crippen molar-refractivity contribution in [2.75, 3.05) is 6.61 Å². The summed E-state index contributed by atoms with van der Waals surface area (Å²) in [7, 11) is 0. The van der Waals surface area contributed by atoms with Crippen molar-refractivity contribution in [3.63, 3.8) is 0 Å². The predicted molar refractivity (Wildman–Crippen MR) is 104 cm³/mol. The second-order valence-corrected chi connectivity index (χ2v) is 5.88. The Morgan fingerprint density at radius 3 is 1.85 bits per heavy atom. The van der Waals surface area contributed by atoms with Crippen LogP contribution in [0.4, 0.5) is 11.4 Å². The first-order chi connectivity index (χ1) is 13.1. The summed E-state index contributed by atoms with van der Waals surface area (Å²) in [6.07, 6.45) is 0. The van der Waals surface area contributed by atoms with Gasteiger partial charge >= 0.3 is 5.97 Å². The van der Waals surface area contributed by atoms with Crippen LogP contribution >= 0.6 is 0 Å². The van der Waals surface area contributed by atoms with Gasteiger partial charge in [-0.3, -0.25) is 0 Å². The third-order valence-corrected chi connectivity index (χ3v) is 3.76. The molecule has 0 fully saturated rings. The van der Waals surface area contributed by atoms with E-state index in [1.54, 1.807) is 48.5 Å². The molecule has 0 spiro atoms. The van der Waals surface area contributed by atoms with Crippen LogP contribution in [0, 0.1) is 6.92 Å². The Balaban J connectivity index is 1.61. The van der Waals surface area contributed by atoms with E-state index in [4.69, 9.17) is 9.47 Å². The molecule has 0 aliphatic heterocycles. The van der Waals surface area contributed by atoms with Crippen LogP contribution in [-0.2, 0) is 0 Å². The molecule has 0 amide bonds. The van der Waals surface area contributed by atoms with E-state index in [1.807, 2.05) is 38.1 Å². The standard InChI is InChI=1S/C22H20N2O3/c1-3-26-20-12-6-17(7-13-20)22(25)27-21-14-10-19(11-15-21)24-23-18-8-4-16(2)5-9-18/h4-15H,3H2,1-2H3. The third-order valence-electron chi connectivity index (χ3n) is 3.76. The Morgan fingerprint density at radius 1 is 0.778 bits per heavy atom. The number of carbonyl (C=O) groups excluding carboxylic acids is 1. The van der Waals surface area contributed by atoms with E-state index in [2.05, 4.69) is 10.2 Å². The Morgan fingerprint density at radius 2 is 1.30 bits per heavy atom. The second-order valence-electron chi connectivity index (χ2n) is 5.88. The van der Waals surface area contributed by atoms with Gasteiger partial charge in [0.25, 0.3) is 0 Å². The molecule has 27 heavy (non-hydrogen) atoms. The number of ether oxygens (including phenoxy) is 2. The lowest BCUT2D eigenvalue weighted by Crippen LogP contribution is -2.08. The topological polar surface area (TPSA) is 60.2 Å². The lowest BCUT2D eigenvalue weighted by atomic mass is 10.2. The summed E-state index contributed by atoms with van der Waals surface area (Å²) < 4.78 is 10.7. The molecule has 0 saturated heterocycles. The summed E-state index contributed by atoms with van der Waals surface area (Å²) in [5, 5.41) is 8.37. The number of hydrogen-bond donors (Lipinski definition) is 0. The normalized spacial score (nSPS) is 10.7. The van der Waals surface area contributed by atoms with Crippen molar-refractivity contribution in [2.24, 2.45) is 10.2 Å². The van der Waals surface area contributed by atoms with Crippen molar-refractivity contribution in [1.29, 1.82) is 0 Å². The van der Waals surface area contributed by atoms with Gasteiger partial charge in [0, 0.05) is 0 Å². The predicted octanol–water partition coefficient (Wildman–Crippen LogP) is 6.03. The van der Waals surface area contributed by atoms with Crippen LogP contribution in [0.3, 0.4) is 0 Å². The van der Waals surface area contributed by atoms with Crippen LogP contribution in [0.2, 0.25) is 0 Å². The number of carbonyl (C=O) groups is 1. The molecule has 0 aliphatic carbocycles. The van der Waals surface area contributed by atoms with Crippen molar-refractivity contribution in [1.82, 2.24) is 0 Å². The van der Waals surface area contributed by atoms with Crippen molar-refractivity contribution in [3.05, 3.63) is 83.9 Å². The molecule has 5 heteroatoms. The second kappa shape index (κ2) is 8.76. The van der Waals surface area contributed by atoms with E-state index in [9.17, 15) is 4.79 Å². The van der Waals surface area contributed by atoms with Gasteiger partial charge in [0.15, 0.2) is 0 Å². The van der Waals surface area contributed by atoms with Gasteiger partial charge in [0.05, 0.1) is 23.5 Å². The Kier molecular flexibility index (Phi) is 5.94. The van der Waals surface area contributed by atoms with Crippen molar-refractivity contribution < 1.29 is 14.3 Å². The first-order valence-corrected chi connectivity index (χ1v) is 8.67. The summed E-state index contributed by atoms with van der Waals surface area (Å²) in [6, 6.07) is 21.5. The van der Waals surface area contributed by atoms with E-state index < -0.39 is 5.97 Å². The van der Waals surface area contributed by atoms with Crippen molar-refractivity contribution >= 4 is 17.3 Å². The van der Waals surface area contributed by atoms with E-state index in [0.29, 0.717) is 23.6 Å². The maximum absolute atomic E-state index is 12.2. The summed E-state index contributed by atoms with van der Waals surface area (Å²) >= 11 is 0. The van der Waals surface area contributed by atoms with E-state index >= 15 is 0 Å². The average molecular weight is 360 g/mol. The molecular weight excluding hydrogens is 340 g/mol. The van der Waals surface area contributed by atoms with Crippen LogP contribution in [0.15, 0.2) is 83.0 Å². The number of azo groups is 1. The molecule has 136 valence electrons. The molecule has 0 aliphatic rings. The minimum atomic E-state index is -0.424. The molecule has 3 rings (SSSR count). The summed E-state index contributed by atoms with van der Waals surface area (Å²) in [4.78, 5) is 12.2. The van der Waals surface area contributed by atoms with Gasteiger partial charge in [0.2, 0.25) is 0 Å². The minimum Gasteiger partial charge on any atom is -0.494 e. The highest BCUT2D eigenvalue weighted by Gasteiger charge is 2.08. The summed E-state index contributed by atoms with van der Waals surface area (Å²) in [6.45, 7) is 4.51. The van der Waals surface area contributed by atoms with Gasteiger partial charge in [-0.05, 0) is 74.5 Å². The summed E-state index contributed by atoms with van der Waals surface area (Å²) in [5.41, 5.74) is 3.09. The zero-order valence-corrected chi connectivity index (χ0v) is 15.3. The largest absolute Gasteiger partial charge is 0.494 e. The van der Waals surface area contributed by atoms with E-state index in [0.717, 1.165) is 11.4 Å². The molecule has 0 bridgehead atoms. The highest BCUT2D eigenvalue weighted by molar-refractivity contribution is 5.91. The molecule has 0 radical (unpaired) electrons. The lowest BCUT2D eigenvalue weighted by molar-refractivity contribution is 0.0734. The van der Waals surface area contributed by atoms with Crippen molar-refractivity contribution in [3.8, 4) is 11.5 Å². The molecule has 0 N–H and O–H groups in total. The molecule has 3 aromatic rings. The van der Waals surface area contributed by atoms with Gasteiger partial charge in [-0.25, -0.2) is 4.79 Å². The molecule has 0 aromatic heterocycles. The van der Waals surface area contributed by atoms with Crippen LogP contribution in [0.25, 0.3) is 0 Å². The maximum atomic E-state index is 12.2. The molecule has 0 heterocycles. The van der Waals surface area contributed by atoms with Gasteiger partial charge in [-0.15, -0.1) is 0 Å². The Hall–Kier alpha value is -3.47. The quantitative estimate of drug-likeness (QED) is 0.306. The van der Waals surface area contributed by atoms with Crippen LogP contribution in [0.5, 0.6) is 11.5 Å². The maximum Gasteiger partial charge on any atom is 0.343 e. The number of rotatable bonds is 6. The average Bonchev–Trinajstić information content (AvgIpc) is 2.69. The minimum absolute atomic E-state index is 0.424. The first kappa shape index (κ1) is 18.3. The van der Waals surface area contributed by atoms with Gasteiger partial charge in [-0.2, -0.15) is 10.2 Å². The van der Waals surface area contributed by atoms with Gasteiger partial charge in [-0.1, -0.05) is 17.7 Å². The third kappa shape index (κ3) is 5.25. The Labute approximate surface area is 158 Å². The number of hydrogen-bond acceptors (Lipinski definition) is 5. The fourth-order valence-electron chi connectivity index (χ4n) is 2.33. The van der Waals surface area contributed by atoms with Crippen LogP contribution < -0.4 is 9.47 Å². The highest BCUT2D eigenvalue weighted by Crippen LogP contribution is 2.22. The molecule has 0 unspecified atom stereocenters. The lowest BCUT2D eigenvalue weighted by Gasteiger charge is -2.06. The number of nitrogens with zero attached hydrogens (tertiary/aromatic N) is 2. The smallest absolute Gasteiger partial charge is 0.343 e. The fraction of sp³-hybridized carbons (Fsp3) is 0.136. The first-order valence-electron chi connectivity index (χ1n) is 8.67. The molecule has 0 atom stereocenters. The van der Waals surface area contributed by atoms with Crippen LogP contribution in [-0.4, -0.2) is 12.6 Å². The highest BCUT2D eigenvalue weighted by atomic mass is 16.5. The monoisotopic (exact) mass is 360 g/mol. The van der Waals surface area contributed by atoms with Gasteiger partial charge < -0.3 is 9.47 Å². The molecule has 3 aromatic carbocycles. The summed E-state index contributed by atoms with van der Waals surface area (Å²) in [5.74, 6) is 0.743. The number of aryl methyl sites for hydroxylation is 1. The SMILES string of the molecule is CCOc1ccc(C(=O)Oc2ccc(N=Nc3ccc(C)cc3)cc2)cc1. The molecular formula is C22H20N2O3. The molecule has 0 saturated carbocycles. The van der Waals surface area contributed by atoms with Gasteiger partial charge in [0.1, 0.15) is 11.5 Å². The molecule has 5 nitrogen and oxygen atoms in total. The van der Waals surface area contributed by atoms with E-state index in [1.165, 1.54) is 5.56 Å². The Bertz CT molecular complexity index is 915. The zero-order chi connectivity index (χ0) is 19.1. The van der Waals surface area contributed by atoms with Crippen molar-refractivity contribution in [2.45, 2.75) is 13.8 Å². The number of esters is 1. The zero-order valence-electron chi connectivity index (χ0n) is 15.3.